The molecule has 0 spiro atoms. The number of thiazole rings is 1. The van der Waals surface area contributed by atoms with Crippen LogP contribution in [0.3, 0.4) is 0 Å². The summed E-state index contributed by atoms with van der Waals surface area (Å²) < 4.78 is 0. The Labute approximate surface area is 188 Å². The van der Waals surface area contributed by atoms with Crippen molar-refractivity contribution in [3.05, 3.63) is 52.1 Å². The molecule has 0 aliphatic heterocycles. The smallest absolute Gasteiger partial charge is 0.191 e. The Morgan fingerprint density at radius 1 is 1.21 bits per heavy atom. The third-order valence-corrected chi connectivity index (χ3v) is 5.62. The molecule has 0 radical (unpaired) electrons. The number of hydrogen-bond acceptors (Lipinski definition) is 3. The van der Waals surface area contributed by atoms with E-state index in [1.807, 2.05) is 0 Å². The number of aromatic amines is 1. The molecule has 0 aliphatic carbocycles. The van der Waals surface area contributed by atoms with Gasteiger partial charge in [-0.2, -0.15) is 0 Å². The Bertz CT molecular complexity index is 907. The Kier molecular flexibility index (Phi) is 8.30. The van der Waals surface area contributed by atoms with Gasteiger partial charge >= 0.3 is 0 Å². The molecule has 0 amide bonds. The van der Waals surface area contributed by atoms with E-state index in [0.29, 0.717) is 6.54 Å². The number of H-pyrrole nitrogens is 1. The third-order valence-electron chi connectivity index (χ3n) is 4.30. The minimum atomic E-state index is 0. The Morgan fingerprint density at radius 2 is 2.00 bits per heavy atom. The van der Waals surface area contributed by atoms with Gasteiger partial charge in [0, 0.05) is 41.0 Å². The summed E-state index contributed by atoms with van der Waals surface area (Å²) in [5.41, 5.74) is 3.63. The largest absolute Gasteiger partial charge is 0.361 e. The fourth-order valence-corrected chi connectivity index (χ4v) is 3.78. The maximum absolute atomic E-state index is 4.72. The highest BCUT2D eigenvalue weighted by Crippen LogP contribution is 2.25. The second-order valence-corrected chi connectivity index (χ2v) is 8.48. The lowest BCUT2D eigenvalue weighted by atomic mass is 9.98. The number of nitrogens with one attached hydrogen (secondary N) is 3. The summed E-state index contributed by atoms with van der Waals surface area (Å²) in [6.45, 7) is 10.9. The molecule has 0 saturated heterocycles. The second-order valence-electron chi connectivity index (χ2n) is 7.63. The highest BCUT2D eigenvalue weighted by atomic mass is 127. The number of rotatable bonds is 6. The van der Waals surface area contributed by atoms with Crippen LogP contribution in [0, 0.1) is 0 Å². The van der Waals surface area contributed by atoms with Gasteiger partial charge in [0.2, 0.25) is 0 Å². The molecule has 0 saturated carbocycles. The molecule has 7 heteroatoms. The van der Waals surface area contributed by atoms with Crippen molar-refractivity contribution < 1.29 is 0 Å². The fourth-order valence-electron chi connectivity index (χ4n) is 2.88. The maximum Gasteiger partial charge on any atom is 0.191 e. The summed E-state index contributed by atoms with van der Waals surface area (Å²) in [4.78, 5) is 12.7. The minimum absolute atomic E-state index is 0. The van der Waals surface area contributed by atoms with Crippen LogP contribution in [0.5, 0.6) is 0 Å². The van der Waals surface area contributed by atoms with Crippen molar-refractivity contribution >= 4 is 52.2 Å². The van der Waals surface area contributed by atoms with Gasteiger partial charge in [-0.05, 0) is 25.0 Å². The van der Waals surface area contributed by atoms with E-state index in [1.165, 1.54) is 16.5 Å². The lowest BCUT2D eigenvalue weighted by Gasteiger charge is -2.13. The predicted octanol–water partition coefficient (Wildman–Crippen LogP) is 4.84. The predicted molar refractivity (Wildman–Crippen MR) is 131 cm³/mol. The van der Waals surface area contributed by atoms with Crippen LogP contribution in [-0.4, -0.2) is 29.0 Å². The van der Waals surface area contributed by atoms with Crippen LogP contribution in [0.2, 0.25) is 0 Å². The van der Waals surface area contributed by atoms with Gasteiger partial charge in [0.25, 0.3) is 0 Å². The van der Waals surface area contributed by atoms with E-state index in [9.17, 15) is 0 Å². The van der Waals surface area contributed by atoms with Crippen LogP contribution in [0.4, 0.5) is 0 Å². The van der Waals surface area contributed by atoms with Crippen molar-refractivity contribution in [2.45, 2.75) is 46.1 Å². The molecule has 0 bridgehead atoms. The van der Waals surface area contributed by atoms with Gasteiger partial charge in [0.15, 0.2) is 5.96 Å². The SMILES string of the molecule is CCNC(=NCc1csc(C(C)(C)C)n1)NCCc1c[nH]c2ccccc12.I. The summed E-state index contributed by atoms with van der Waals surface area (Å²) in [5, 5.41) is 11.3. The first-order chi connectivity index (χ1) is 13.0. The van der Waals surface area contributed by atoms with Crippen LogP contribution in [0.15, 0.2) is 40.8 Å². The quantitative estimate of drug-likeness (QED) is 0.252. The number of benzene rings is 1. The average Bonchev–Trinajstić information content (AvgIpc) is 3.27. The topological polar surface area (TPSA) is 65.1 Å². The molecule has 152 valence electrons. The number of hydrogen-bond donors (Lipinski definition) is 3. The minimum Gasteiger partial charge on any atom is -0.361 e. The fraction of sp³-hybridized carbons (Fsp3) is 0.429. The zero-order valence-corrected chi connectivity index (χ0v) is 20.2. The van der Waals surface area contributed by atoms with E-state index in [0.717, 1.165) is 36.2 Å². The third kappa shape index (κ3) is 5.94. The number of guanidine groups is 1. The van der Waals surface area contributed by atoms with Gasteiger partial charge < -0.3 is 15.6 Å². The Morgan fingerprint density at radius 3 is 2.71 bits per heavy atom. The van der Waals surface area contributed by atoms with Crippen molar-refractivity contribution in [3.63, 3.8) is 0 Å². The zero-order chi connectivity index (χ0) is 19.3. The standard InChI is InChI=1S/C21H29N5S.HI/c1-5-22-20(25-13-16-14-27-19(26-16)21(2,3)4)23-11-10-15-12-24-18-9-7-6-8-17(15)18;/h6-9,12,14,24H,5,10-11,13H2,1-4H3,(H2,22,23,25);1H. The Hall–Kier alpha value is -1.61. The van der Waals surface area contributed by atoms with Crippen molar-refractivity contribution in [2.75, 3.05) is 13.1 Å². The second kappa shape index (κ2) is 10.2. The van der Waals surface area contributed by atoms with E-state index in [2.05, 4.69) is 79.2 Å². The van der Waals surface area contributed by atoms with E-state index in [1.54, 1.807) is 11.3 Å². The molecule has 2 heterocycles. The number of para-hydroxylation sites is 1. The summed E-state index contributed by atoms with van der Waals surface area (Å²) in [5.74, 6) is 0.836. The van der Waals surface area contributed by atoms with Crippen molar-refractivity contribution in [1.29, 1.82) is 0 Å². The lowest BCUT2D eigenvalue weighted by molar-refractivity contribution is 0.583. The van der Waals surface area contributed by atoms with Gasteiger partial charge in [-0.1, -0.05) is 39.0 Å². The molecule has 28 heavy (non-hydrogen) atoms. The van der Waals surface area contributed by atoms with Crippen molar-refractivity contribution in [3.8, 4) is 0 Å². The maximum atomic E-state index is 4.72. The summed E-state index contributed by atoms with van der Waals surface area (Å²) in [7, 11) is 0. The molecule has 3 aromatic rings. The van der Waals surface area contributed by atoms with E-state index in [-0.39, 0.29) is 29.4 Å². The van der Waals surface area contributed by atoms with Crippen molar-refractivity contribution in [1.82, 2.24) is 20.6 Å². The van der Waals surface area contributed by atoms with Crippen molar-refractivity contribution in [2.24, 2.45) is 4.99 Å². The molecule has 3 rings (SSSR count). The highest BCUT2D eigenvalue weighted by molar-refractivity contribution is 14.0. The molecule has 2 aromatic heterocycles. The van der Waals surface area contributed by atoms with Crippen LogP contribution < -0.4 is 10.6 Å². The zero-order valence-electron chi connectivity index (χ0n) is 17.0. The van der Waals surface area contributed by atoms with Crippen LogP contribution in [0.1, 0.15) is 44.0 Å². The van der Waals surface area contributed by atoms with Gasteiger partial charge in [-0.3, -0.25) is 0 Å². The molecule has 1 aromatic carbocycles. The number of fused-ring (bicyclic) bond motifs is 1. The first-order valence-corrected chi connectivity index (χ1v) is 10.4. The van der Waals surface area contributed by atoms with Gasteiger partial charge in [-0.25, -0.2) is 9.98 Å². The molecule has 0 aliphatic rings. The molecular weight excluding hydrogens is 481 g/mol. The molecular formula is C21H30IN5S. The summed E-state index contributed by atoms with van der Waals surface area (Å²) in [6.07, 6.45) is 3.04. The summed E-state index contributed by atoms with van der Waals surface area (Å²) >= 11 is 1.71. The number of aliphatic imine (C=N–C) groups is 1. The number of halogens is 1. The van der Waals surface area contributed by atoms with Crippen LogP contribution in [-0.2, 0) is 18.4 Å². The van der Waals surface area contributed by atoms with Crippen LogP contribution in [0.25, 0.3) is 10.9 Å². The summed E-state index contributed by atoms with van der Waals surface area (Å²) in [6, 6.07) is 8.41. The van der Waals surface area contributed by atoms with E-state index < -0.39 is 0 Å². The number of aromatic nitrogens is 2. The van der Waals surface area contributed by atoms with Gasteiger partial charge in [0.1, 0.15) is 0 Å². The molecule has 0 unspecified atom stereocenters. The van der Waals surface area contributed by atoms with E-state index in [4.69, 9.17) is 9.98 Å². The highest BCUT2D eigenvalue weighted by Gasteiger charge is 2.17. The molecule has 0 fully saturated rings. The first kappa shape index (κ1) is 22.7. The monoisotopic (exact) mass is 511 g/mol. The Balaban J connectivity index is 0.00000280. The normalized spacial score (nSPS) is 12.1. The molecule has 3 N–H and O–H groups in total. The van der Waals surface area contributed by atoms with Gasteiger partial charge in [-0.15, -0.1) is 35.3 Å². The number of nitrogens with zero attached hydrogens (tertiary/aromatic N) is 2. The average molecular weight is 511 g/mol. The molecule has 0 atom stereocenters. The lowest BCUT2D eigenvalue weighted by Crippen LogP contribution is -2.38. The molecule has 5 nitrogen and oxygen atoms in total. The first-order valence-electron chi connectivity index (χ1n) is 9.49. The van der Waals surface area contributed by atoms with Gasteiger partial charge in [0.05, 0.1) is 17.2 Å². The van der Waals surface area contributed by atoms with E-state index >= 15 is 0 Å². The van der Waals surface area contributed by atoms with Crippen LogP contribution >= 0.6 is 35.3 Å².